The third-order valence-corrected chi connectivity index (χ3v) is 5.69. The van der Waals surface area contributed by atoms with Crippen molar-refractivity contribution in [3.05, 3.63) is 30.3 Å². The third-order valence-electron chi connectivity index (χ3n) is 3.36. The lowest BCUT2D eigenvalue weighted by atomic mass is 10.2. The molecule has 0 spiro atoms. The van der Waals surface area contributed by atoms with Crippen LogP contribution < -0.4 is 10.6 Å². The minimum Gasteiger partial charge on any atom is -0.355 e. The van der Waals surface area contributed by atoms with Crippen molar-refractivity contribution >= 4 is 53.5 Å². The monoisotopic (exact) mass is 451 g/mol. The van der Waals surface area contributed by atoms with Crippen molar-refractivity contribution in [2.24, 2.45) is 4.99 Å². The summed E-state index contributed by atoms with van der Waals surface area (Å²) in [6.45, 7) is 3.16. The summed E-state index contributed by atoms with van der Waals surface area (Å²) in [6, 6.07) is 11.1. The summed E-state index contributed by atoms with van der Waals surface area (Å²) in [6.07, 6.45) is 2.56. The van der Waals surface area contributed by atoms with Gasteiger partial charge in [-0.1, -0.05) is 25.1 Å². The number of nitrogens with one attached hydrogen (secondary N) is 2. The fourth-order valence-corrected chi connectivity index (χ4v) is 4.27. The van der Waals surface area contributed by atoms with Gasteiger partial charge in [0.25, 0.3) is 0 Å². The van der Waals surface area contributed by atoms with E-state index in [1.807, 2.05) is 30.6 Å². The summed E-state index contributed by atoms with van der Waals surface area (Å²) in [5, 5.41) is 7.49. The Morgan fingerprint density at radius 1 is 1.41 bits per heavy atom. The molecule has 1 aliphatic heterocycles. The summed E-state index contributed by atoms with van der Waals surface area (Å²) in [7, 11) is 1.85. The van der Waals surface area contributed by atoms with E-state index in [-0.39, 0.29) is 24.0 Å². The summed E-state index contributed by atoms with van der Waals surface area (Å²) in [5.41, 5.74) is 0. The molecule has 22 heavy (non-hydrogen) atoms. The average Bonchev–Trinajstić information content (AvgIpc) is 2.53. The number of benzene rings is 1. The molecule has 2 rings (SSSR count). The Labute approximate surface area is 159 Å². The highest BCUT2D eigenvalue weighted by Crippen LogP contribution is 2.22. The Morgan fingerprint density at radius 2 is 2.18 bits per heavy atom. The molecule has 1 fully saturated rings. The van der Waals surface area contributed by atoms with Gasteiger partial charge in [-0.25, -0.2) is 0 Å². The van der Waals surface area contributed by atoms with Gasteiger partial charge in [0.2, 0.25) is 0 Å². The van der Waals surface area contributed by atoms with E-state index in [1.165, 1.54) is 29.2 Å². The number of rotatable bonds is 5. The average molecular weight is 451 g/mol. The standard InChI is InChI=1S/C16H25N3S2.HI/c1-13(21-15-8-4-3-5-9-15)11-18-16(17-2)19-14-7-6-10-20-12-14;/h3-5,8-9,13-14H,6-7,10-12H2,1-2H3,(H2,17,18,19);1H. The number of halogens is 1. The molecule has 2 unspecified atom stereocenters. The SMILES string of the molecule is CN=C(NCC(C)Sc1ccccc1)NC1CCCSC1.I. The van der Waals surface area contributed by atoms with Crippen molar-refractivity contribution in [3.63, 3.8) is 0 Å². The van der Waals surface area contributed by atoms with Gasteiger partial charge in [0, 0.05) is 35.5 Å². The maximum Gasteiger partial charge on any atom is 0.191 e. The number of hydrogen-bond donors (Lipinski definition) is 2. The topological polar surface area (TPSA) is 36.4 Å². The van der Waals surface area contributed by atoms with Crippen LogP contribution in [0, 0.1) is 0 Å². The normalized spacial score (nSPS) is 19.9. The number of aliphatic imine (C=N–C) groups is 1. The molecule has 0 radical (unpaired) electrons. The minimum absolute atomic E-state index is 0. The molecule has 0 aromatic heterocycles. The largest absolute Gasteiger partial charge is 0.355 e. The van der Waals surface area contributed by atoms with E-state index in [4.69, 9.17) is 0 Å². The summed E-state index contributed by atoms with van der Waals surface area (Å²) >= 11 is 3.92. The molecule has 1 aromatic carbocycles. The van der Waals surface area contributed by atoms with Gasteiger partial charge in [-0.15, -0.1) is 35.7 Å². The molecule has 0 aliphatic carbocycles. The van der Waals surface area contributed by atoms with Crippen molar-refractivity contribution in [1.82, 2.24) is 10.6 Å². The fourth-order valence-electron chi connectivity index (χ4n) is 2.26. The van der Waals surface area contributed by atoms with Gasteiger partial charge >= 0.3 is 0 Å². The van der Waals surface area contributed by atoms with Gasteiger partial charge in [-0.05, 0) is 30.7 Å². The van der Waals surface area contributed by atoms with Crippen molar-refractivity contribution in [2.75, 3.05) is 25.1 Å². The van der Waals surface area contributed by atoms with Crippen LogP contribution in [0.25, 0.3) is 0 Å². The Kier molecular flexibility index (Phi) is 10.4. The highest BCUT2D eigenvalue weighted by atomic mass is 127. The van der Waals surface area contributed by atoms with Gasteiger partial charge < -0.3 is 10.6 Å². The van der Waals surface area contributed by atoms with E-state index < -0.39 is 0 Å². The first kappa shape index (κ1) is 20.0. The number of nitrogens with zero attached hydrogens (tertiary/aromatic N) is 1. The zero-order valence-corrected chi connectivity index (χ0v) is 17.2. The third kappa shape index (κ3) is 7.46. The molecule has 1 aromatic rings. The highest BCUT2D eigenvalue weighted by molar-refractivity contribution is 14.0. The maximum atomic E-state index is 4.34. The molecular formula is C16H26IN3S2. The van der Waals surface area contributed by atoms with Gasteiger partial charge in [0.05, 0.1) is 0 Å². The summed E-state index contributed by atoms with van der Waals surface area (Å²) in [4.78, 5) is 5.66. The second-order valence-corrected chi connectivity index (χ2v) is 7.91. The summed E-state index contributed by atoms with van der Waals surface area (Å²) in [5.74, 6) is 3.42. The second-order valence-electron chi connectivity index (χ2n) is 5.25. The van der Waals surface area contributed by atoms with Gasteiger partial charge in [-0.2, -0.15) is 11.8 Å². The van der Waals surface area contributed by atoms with Crippen molar-refractivity contribution < 1.29 is 0 Å². The zero-order valence-electron chi connectivity index (χ0n) is 13.2. The van der Waals surface area contributed by atoms with Crippen LogP contribution in [-0.2, 0) is 0 Å². The molecule has 1 heterocycles. The van der Waals surface area contributed by atoms with Crippen LogP contribution in [0.5, 0.6) is 0 Å². The smallest absolute Gasteiger partial charge is 0.191 e. The van der Waals surface area contributed by atoms with Gasteiger partial charge in [0.15, 0.2) is 5.96 Å². The van der Waals surface area contributed by atoms with Gasteiger partial charge in [0.1, 0.15) is 0 Å². The van der Waals surface area contributed by atoms with Crippen LogP contribution in [0.2, 0.25) is 0 Å². The predicted molar refractivity (Wildman–Crippen MR) is 112 cm³/mol. The van der Waals surface area contributed by atoms with E-state index in [0.717, 1.165) is 12.5 Å². The lowest BCUT2D eigenvalue weighted by molar-refractivity contribution is 0.582. The lowest BCUT2D eigenvalue weighted by Crippen LogP contribution is -2.46. The van der Waals surface area contributed by atoms with Crippen LogP contribution in [0.3, 0.4) is 0 Å². The summed E-state index contributed by atoms with van der Waals surface area (Å²) < 4.78 is 0. The van der Waals surface area contributed by atoms with Crippen molar-refractivity contribution in [3.8, 4) is 0 Å². The molecular weight excluding hydrogens is 425 g/mol. The van der Waals surface area contributed by atoms with E-state index in [2.05, 4.69) is 52.9 Å². The van der Waals surface area contributed by atoms with E-state index in [9.17, 15) is 0 Å². The van der Waals surface area contributed by atoms with E-state index >= 15 is 0 Å². The molecule has 2 atom stereocenters. The lowest BCUT2D eigenvalue weighted by Gasteiger charge is -2.25. The van der Waals surface area contributed by atoms with Crippen LogP contribution in [0.15, 0.2) is 40.2 Å². The molecule has 0 saturated carbocycles. The first-order valence-corrected chi connectivity index (χ1v) is 9.58. The molecule has 6 heteroatoms. The maximum absolute atomic E-state index is 4.34. The van der Waals surface area contributed by atoms with Gasteiger partial charge in [-0.3, -0.25) is 4.99 Å². The van der Waals surface area contributed by atoms with Crippen LogP contribution in [0.1, 0.15) is 19.8 Å². The number of guanidine groups is 1. The zero-order chi connectivity index (χ0) is 14.9. The Bertz CT molecular complexity index is 436. The Hall–Kier alpha value is -0.0800. The number of thioether (sulfide) groups is 2. The van der Waals surface area contributed by atoms with Crippen LogP contribution in [-0.4, -0.2) is 42.3 Å². The molecule has 1 aliphatic rings. The molecule has 1 saturated heterocycles. The van der Waals surface area contributed by atoms with Crippen molar-refractivity contribution in [1.29, 1.82) is 0 Å². The predicted octanol–water partition coefficient (Wildman–Crippen LogP) is 3.85. The van der Waals surface area contributed by atoms with Crippen molar-refractivity contribution in [2.45, 2.75) is 36.0 Å². The minimum atomic E-state index is 0. The van der Waals surface area contributed by atoms with E-state index in [1.54, 1.807) is 0 Å². The molecule has 0 amide bonds. The van der Waals surface area contributed by atoms with E-state index in [0.29, 0.717) is 11.3 Å². The Morgan fingerprint density at radius 3 is 2.82 bits per heavy atom. The molecule has 124 valence electrons. The molecule has 0 bridgehead atoms. The molecule has 2 N–H and O–H groups in total. The first-order valence-electron chi connectivity index (χ1n) is 7.54. The quantitative estimate of drug-likeness (QED) is 0.309. The first-order chi connectivity index (χ1) is 10.3. The molecule has 3 nitrogen and oxygen atoms in total. The fraction of sp³-hybridized carbons (Fsp3) is 0.562. The second kappa shape index (κ2) is 11.5. The highest BCUT2D eigenvalue weighted by Gasteiger charge is 2.15. The Balaban J connectivity index is 0.00000242. The van der Waals surface area contributed by atoms with Crippen LogP contribution in [0.4, 0.5) is 0 Å². The van der Waals surface area contributed by atoms with Crippen LogP contribution >= 0.6 is 47.5 Å². The number of hydrogen-bond acceptors (Lipinski definition) is 3.